The van der Waals surface area contributed by atoms with Crippen molar-refractivity contribution in [1.29, 1.82) is 0 Å². The third-order valence-electron chi connectivity index (χ3n) is 10.4. The quantitative estimate of drug-likeness (QED) is 0.186. The van der Waals surface area contributed by atoms with Gasteiger partial charge in [-0.1, -0.05) is 111 Å². The molecular formula is C46H36N2. The van der Waals surface area contributed by atoms with E-state index >= 15 is 0 Å². The first kappa shape index (κ1) is 28.4. The summed E-state index contributed by atoms with van der Waals surface area (Å²) in [6.45, 7) is 11.5. The predicted molar refractivity (Wildman–Crippen MR) is 205 cm³/mol. The maximum Gasteiger partial charge on any atom is 0.0544 e. The molecule has 6 aromatic carbocycles. The van der Waals surface area contributed by atoms with Crippen LogP contribution in [0.15, 0.2) is 146 Å². The molecule has 2 nitrogen and oxygen atoms in total. The van der Waals surface area contributed by atoms with Crippen LogP contribution in [0.4, 0.5) is 0 Å². The summed E-state index contributed by atoms with van der Waals surface area (Å²) >= 11 is 0. The smallest absolute Gasteiger partial charge is 0.0544 e. The van der Waals surface area contributed by atoms with E-state index in [4.69, 9.17) is 0 Å². The minimum Gasteiger partial charge on any atom is -0.310 e. The molecule has 0 saturated carbocycles. The van der Waals surface area contributed by atoms with E-state index in [-0.39, 0.29) is 5.41 Å². The molecule has 0 aliphatic heterocycles. The van der Waals surface area contributed by atoms with E-state index < -0.39 is 0 Å². The third-order valence-corrected chi connectivity index (χ3v) is 10.4. The number of allylic oxidation sites excluding steroid dienone is 1. The minimum absolute atomic E-state index is 0.0700. The van der Waals surface area contributed by atoms with Crippen LogP contribution >= 0.6 is 0 Å². The minimum atomic E-state index is -0.0700. The number of benzene rings is 6. The fraction of sp³-hybridized carbons (Fsp3) is 0.0870. The number of aromatic nitrogens is 2. The molecule has 1 aliphatic rings. The molecule has 0 N–H and O–H groups in total. The largest absolute Gasteiger partial charge is 0.310 e. The highest BCUT2D eigenvalue weighted by molar-refractivity contribution is 6.13. The molecule has 2 heterocycles. The molecule has 1 aliphatic carbocycles. The molecule has 2 aromatic heterocycles. The Balaban J connectivity index is 1.29. The van der Waals surface area contributed by atoms with Gasteiger partial charge in [-0.3, -0.25) is 0 Å². The molecule has 0 bridgehead atoms. The van der Waals surface area contributed by atoms with E-state index in [9.17, 15) is 0 Å². The number of rotatable bonds is 4. The number of fused-ring (bicyclic) bond motifs is 7. The highest BCUT2D eigenvalue weighted by Crippen LogP contribution is 2.51. The maximum absolute atomic E-state index is 4.66. The van der Waals surface area contributed by atoms with Crippen molar-refractivity contribution in [1.82, 2.24) is 9.13 Å². The van der Waals surface area contributed by atoms with Gasteiger partial charge in [-0.15, -0.1) is 0 Å². The first-order chi connectivity index (χ1) is 23.5. The summed E-state index contributed by atoms with van der Waals surface area (Å²) in [5.41, 5.74) is 13.4. The van der Waals surface area contributed by atoms with Gasteiger partial charge in [-0.05, 0) is 101 Å². The van der Waals surface area contributed by atoms with Crippen molar-refractivity contribution in [2.75, 3.05) is 0 Å². The molecule has 0 saturated heterocycles. The van der Waals surface area contributed by atoms with Gasteiger partial charge in [0.05, 0.1) is 16.6 Å². The summed E-state index contributed by atoms with van der Waals surface area (Å²) in [4.78, 5) is 0. The van der Waals surface area contributed by atoms with Crippen LogP contribution in [0.25, 0.3) is 72.9 Å². The van der Waals surface area contributed by atoms with Crippen LogP contribution in [0.1, 0.15) is 37.5 Å². The van der Waals surface area contributed by atoms with E-state index in [0.717, 1.165) is 16.8 Å². The highest BCUT2D eigenvalue weighted by atomic mass is 15.0. The molecule has 0 atom stereocenters. The Hall–Kier alpha value is -5.86. The van der Waals surface area contributed by atoms with Crippen molar-refractivity contribution in [3.05, 3.63) is 173 Å². The number of hydrogen-bond donors (Lipinski definition) is 0. The van der Waals surface area contributed by atoms with Gasteiger partial charge in [0.25, 0.3) is 0 Å². The second kappa shape index (κ2) is 10.6. The highest BCUT2D eigenvalue weighted by Gasteiger charge is 2.36. The average molecular weight is 617 g/mol. The summed E-state index contributed by atoms with van der Waals surface area (Å²) in [6, 6.07) is 50.7. The Kier molecular flexibility index (Phi) is 6.26. The number of nitrogens with zero attached hydrogens (tertiary/aromatic N) is 2. The average Bonchev–Trinajstić information content (AvgIpc) is 3.70. The van der Waals surface area contributed by atoms with Crippen molar-refractivity contribution in [2.45, 2.75) is 26.2 Å². The number of para-hydroxylation sites is 3. The zero-order chi connectivity index (χ0) is 32.6. The van der Waals surface area contributed by atoms with E-state index in [1.54, 1.807) is 0 Å². The van der Waals surface area contributed by atoms with Crippen molar-refractivity contribution >= 4 is 50.4 Å². The molecule has 8 aromatic rings. The van der Waals surface area contributed by atoms with Gasteiger partial charge in [0.15, 0.2) is 0 Å². The van der Waals surface area contributed by atoms with Gasteiger partial charge in [-0.25, -0.2) is 0 Å². The zero-order valence-electron chi connectivity index (χ0n) is 27.5. The van der Waals surface area contributed by atoms with Crippen molar-refractivity contribution in [3.8, 4) is 22.5 Å². The second-order valence-corrected chi connectivity index (χ2v) is 13.4. The fourth-order valence-corrected chi connectivity index (χ4v) is 8.10. The second-order valence-electron chi connectivity index (χ2n) is 13.4. The molecule has 48 heavy (non-hydrogen) atoms. The lowest BCUT2D eigenvalue weighted by Crippen LogP contribution is -2.28. The first-order valence-corrected chi connectivity index (χ1v) is 16.8. The van der Waals surface area contributed by atoms with Gasteiger partial charge >= 0.3 is 0 Å². The molecule has 0 amide bonds. The Morgan fingerprint density at radius 2 is 1.19 bits per heavy atom. The predicted octanol–water partition coefficient (Wildman–Crippen LogP) is 10.3. The summed E-state index contributed by atoms with van der Waals surface area (Å²) in [5, 5.41) is 6.07. The van der Waals surface area contributed by atoms with Gasteiger partial charge in [0.2, 0.25) is 0 Å². The van der Waals surface area contributed by atoms with Gasteiger partial charge in [0, 0.05) is 43.5 Å². The molecule has 230 valence electrons. The Bertz CT molecular complexity index is 2700. The summed E-state index contributed by atoms with van der Waals surface area (Å²) < 4.78 is 4.78. The van der Waals surface area contributed by atoms with Crippen LogP contribution in [0, 0.1) is 0 Å². The summed E-state index contributed by atoms with van der Waals surface area (Å²) in [5.74, 6) is 0. The Morgan fingerprint density at radius 3 is 1.94 bits per heavy atom. The van der Waals surface area contributed by atoms with Gasteiger partial charge in [-0.2, -0.15) is 0 Å². The lowest BCUT2D eigenvalue weighted by atomic mass is 9.82. The monoisotopic (exact) mass is 616 g/mol. The Labute approximate surface area is 280 Å². The first-order valence-electron chi connectivity index (χ1n) is 16.8. The van der Waals surface area contributed by atoms with E-state index in [1.807, 2.05) is 0 Å². The topological polar surface area (TPSA) is 9.86 Å². The van der Waals surface area contributed by atoms with E-state index in [1.165, 1.54) is 71.2 Å². The van der Waals surface area contributed by atoms with Crippen LogP contribution in [0.2, 0.25) is 0 Å². The molecule has 0 unspecified atom stereocenters. The van der Waals surface area contributed by atoms with Crippen LogP contribution in [0.5, 0.6) is 0 Å². The molecule has 0 fully saturated rings. The summed E-state index contributed by atoms with van der Waals surface area (Å²) in [6.07, 6.45) is 4.48. The lowest BCUT2D eigenvalue weighted by molar-refractivity contribution is 0.661. The third kappa shape index (κ3) is 4.06. The van der Waals surface area contributed by atoms with Crippen LogP contribution in [0.3, 0.4) is 0 Å². The van der Waals surface area contributed by atoms with Crippen molar-refractivity contribution in [3.63, 3.8) is 0 Å². The summed E-state index contributed by atoms with van der Waals surface area (Å²) in [7, 11) is 0. The van der Waals surface area contributed by atoms with Crippen LogP contribution in [-0.4, -0.2) is 9.13 Å². The van der Waals surface area contributed by atoms with Crippen molar-refractivity contribution < 1.29 is 0 Å². The van der Waals surface area contributed by atoms with E-state index in [2.05, 4.69) is 188 Å². The molecule has 9 rings (SSSR count). The molecule has 0 spiro atoms. The maximum atomic E-state index is 4.66. The Morgan fingerprint density at radius 1 is 0.562 bits per heavy atom. The standard InChI is InChI=1S/C46H36N2/c1-5-42-37(35-21-13-15-23-43(35)47(42)32-16-8-6-9-17-32)26-30(2)31-24-25-44-38(27-31)39-28-36-34-20-12-14-22-40(34)46(3,4)41(36)29-45(39)48(44)33-18-10-7-11-19-33/h5-29H,2H2,1,3-4H3/b37-26-,42-5+. The number of hydrogen-bond acceptors (Lipinski definition) is 0. The van der Waals surface area contributed by atoms with Crippen LogP contribution < -0.4 is 10.6 Å². The zero-order valence-corrected chi connectivity index (χ0v) is 27.5. The SMILES string of the molecule is C=C(/C=c1\c(=C/C)n(-c2ccccc2)c2ccccc12)c1ccc2c(c1)c1cc3c(cc1n2-c1ccccc1)C(C)(C)c1ccccc1-3. The molecule has 2 heteroatoms. The fourth-order valence-electron chi connectivity index (χ4n) is 8.10. The lowest BCUT2D eigenvalue weighted by Gasteiger charge is -2.21. The van der Waals surface area contributed by atoms with Gasteiger partial charge in [0.1, 0.15) is 0 Å². The normalized spacial score (nSPS) is 14.2. The molecular weight excluding hydrogens is 581 g/mol. The van der Waals surface area contributed by atoms with Crippen LogP contribution in [-0.2, 0) is 5.41 Å². The molecule has 0 radical (unpaired) electrons. The van der Waals surface area contributed by atoms with Gasteiger partial charge < -0.3 is 9.13 Å². The van der Waals surface area contributed by atoms with Crippen molar-refractivity contribution in [2.24, 2.45) is 0 Å². The van der Waals surface area contributed by atoms with E-state index in [0.29, 0.717) is 0 Å².